The Kier molecular flexibility index (Phi) is 5.67. The minimum Gasteiger partial charge on any atom is -0.352 e. The molecule has 3 aliphatic rings. The molecule has 0 aromatic heterocycles. The summed E-state index contributed by atoms with van der Waals surface area (Å²) in [5.74, 6) is 0.0588. The van der Waals surface area contributed by atoms with Gasteiger partial charge in [0.25, 0.3) is 0 Å². The Morgan fingerprint density at radius 2 is 1.79 bits per heavy atom. The molecule has 2 fully saturated rings. The van der Waals surface area contributed by atoms with Crippen LogP contribution in [0.1, 0.15) is 43.4 Å². The van der Waals surface area contributed by atoms with Crippen molar-refractivity contribution < 1.29 is 14.4 Å². The van der Waals surface area contributed by atoms with Crippen molar-refractivity contribution in [3.8, 4) is 0 Å². The molecule has 1 N–H and O–H groups in total. The summed E-state index contributed by atoms with van der Waals surface area (Å²) in [5, 5.41) is 3.01. The lowest BCUT2D eigenvalue weighted by Crippen LogP contribution is -2.51. The molecule has 29 heavy (non-hydrogen) atoms. The fourth-order valence-electron chi connectivity index (χ4n) is 4.07. The molecule has 3 amide bonds. The molecule has 7 nitrogen and oxygen atoms in total. The monoisotopic (exact) mass is 396 g/mol. The molecular formula is C22H28N4O3. The summed E-state index contributed by atoms with van der Waals surface area (Å²) in [4.78, 5) is 42.7. The van der Waals surface area contributed by atoms with Crippen LogP contribution >= 0.6 is 0 Å². The number of nitrogens with one attached hydrogen (secondary N) is 1. The van der Waals surface area contributed by atoms with Gasteiger partial charge in [0.1, 0.15) is 0 Å². The van der Waals surface area contributed by atoms with Crippen molar-refractivity contribution in [2.24, 2.45) is 0 Å². The predicted octanol–water partition coefficient (Wildman–Crippen LogP) is 1.37. The molecule has 1 aromatic rings. The van der Waals surface area contributed by atoms with Crippen LogP contribution < -0.4 is 5.32 Å². The number of carbonyl (C=O) groups excluding carboxylic acids is 3. The topological polar surface area (TPSA) is 73.0 Å². The van der Waals surface area contributed by atoms with Gasteiger partial charge in [0.15, 0.2) is 0 Å². The van der Waals surface area contributed by atoms with Crippen LogP contribution in [0.25, 0.3) is 6.08 Å². The highest BCUT2D eigenvalue weighted by Crippen LogP contribution is 2.33. The fourth-order valence-corrected chi connectivity index (χ4v) is 4.07. The summed E-state index contributed by atoms with van der Waals surface area (Å²) in [6, 6.07) is 8.00. The van der Waals surface area contributed by atoms with Gasteiger partial charge in [-0.1, -0.05) is 24.3 Å². The van der Waals surface area contributed by atoms with Gasteiger partial charge in [-0.15, -0.1) is 0 Å². The third-order valence-corrected chi connectivity index (χ3v) is 5.87. The van der Waals surface area contributed by atoms with Gasteiger partial charge in [0.2, 0.25) is 17.7 Å². The lowest BCUT2D eigenvalue weighted by atomic mass is 9.93. The first-order valence-electron chi connectivity index (χ1n) is 10.4. The second-order valence-corrected chi connectivity index (χ2v) is 8.09. The first kappa shape index (κ1) is 19.6. The maximum absolute atomic E-state index is 13.0. The number of hydrogen-bond acceptors (Lipinski definition) is 4. The van der Waals surface area contributed by atoms with E-state index in [0.717, 1.165) is 24.0 Å². The van der Waals surface area contributed by atoms with E-state index in [0.29, 0.717) is 38.8 Å². The normalized spacial score (nSPS) is 21.6. The van der Waals surface area contributed by atoms with Crippen molar-refractivity contribution in [1.29, 1.82) is 0 Å². The first-order chi connectivity index (χ1) is 14.0. The third kappa shape index (κ3) is 4.67. The minimum absolute atomic E-state index is 0.0495. The lowest BCUT2D eigenvalue weighted by molar-refractivity contribution is -0.136. The molecule has 1 aliphatic carbocycles. The summed E-state index contributed by atoms with van der Waals surface area (Å²) >= 11 is 0. The van der Waals surface area contributed by atoms with E-state index in [1.54, 1.807) is 11.1 Å². The van der Waals surface area contributed by atoms with Crippen LogP contribution in [0.3, 0.4) is 0 Å². The third-order valence-electron chi connectivity index (χ3n) is 5.87. The molecule has 154 valence electrons. The molecule has 1 aromatic carbocycles. The van der Waals surface area contributed by atoms with Crippen LogP contribution in [0.15, 0.2) is 30.5 Å². The average Bonchev–Trinajstić information content (AvgIpc) is 3.52. The molecule has 2 aliphatic heterocycles. The van der Waals surface area contributed by atoms with Crippen molar-refractivity contribution in [2.45, 2.75) is 38.3 Å². The number of amides is 3. The van der Waals surface area contributed by atoms with Gasteiger partial charge >= 0.3 is 0 Å². The zero-order chi connectivity index (χ0) is 20.4. The van der Waals surface area contributed by atoms with Gasteiger partial charge in [0, 0.05) is 45.3 Å². The highest BCUT2D eigenvalue weighted by Gasteiger charge is 2.31. The summed E-state index contributed by atoms with van der Waals surface area (Å²) in [7, 11) is 0. The molecule has 2 heterocycles. The van der Waals surface area contributed by atoms with E-state index < -0.39 is 0 Å². The average molecular weight is 396 g/mol. The maximum atomic E-state index is 13.0. The number of hydrogen-bond donors (Lipinski definition) is 1. The summed E-state index contributed by atoms with van der Waals surface area (Å²) in [5.41, 5.74) is 2.06. The standard InChI is InChI=1S/C22H28N4O3/c1-16(27)26-9-8-17-4-2-3-5-19(17)20(26)14-22(29)25-12-10-24(11-13-25)15-21(28)23-18-6-7-18/h2-5,8-9,18,20H,6-7,10-15H2,1H3,(H,23,28). The summed E-state index contributed by atoms with van der Waals surface area (Å²) in [6.07, 6.45) is 6.14. The van der Waals surface area contributed by atoms with Crippen molar-refractivity contribution in [2.75, 3.05) is 32.7 Å². The SMILES string of the molecule is CC(=O)N1C=Cc2ccccc2C1CC(=O)N1CCN(CC(=O)NC2CC2)CC1. The molecule has 1 unspecified atom stereocenters. The molecule has 1 atom stereocenters. The molecule has 1 saturated carbocycles. The molecule has 4 rings (SSSR count). The Hall–Kier alpha value is -2.67. The zero-order valence-corrected chi connectivity index (χ0v) is 16.8. The highest BCUT2D eigenvalue weighted by molar-refractivity contribution is 5.82. The summed E-state index contributed by atoms with van der Waals surface area (Å²) < 4.78 is 0. The smallest absolute Gasteiger partial charge is 0.234 e. The minimum atomic E-state index is -0.274. The van der Waals surface area contributed by atoms with Gasteiger partial charge in [-0.3, -0.25) is 19.3 Å². The number of piperazine rings is 1. The van der Waals surface area contributed by atoms with Gasteiger partial charge in [-0.25, -0.2) is 0 Å². The Morgan fingerprint density at radius 1 is 1.07 bits per heavy atom. The first-order valence-corrected chi connectivity index (χ1v) is 10.4. The van der Waals surface area contributed by atoms with E-state index in [1.165, 1.54) is 6.92 Å². The van der Waals surface area contributed by atoms with Crippen LogP contribution in [0, 0.1) is 0 Å². The van der Waals surface area contributed by atoms with Crippen molar-refractivity contribution in [1.82, 2.24) is 20.0 Å². The predicted molar refractivity (Wildman–Crippen MR) is 110 cm³/mol. The Balaban J connectivity index is 1.34. The number of benzene rings is 1. The highest BCUT2D eigenvalue weighted by atomic mass is 16.2. The Bertz CT molecular complexity index is 825. The lowest BCUT2D eigenvalue weighted by Gasteiger charge is -2.37. The van der Waals surface area contributed by atoms with E-state index in [4.69, 9.17) is 0 Å². The van der Waals surface area contributed by atoms with Gasteiger partial charge in [-0.2, -0.15) is 0 Å². The number of nitrogens with zero attached hydrogens (tertiary/aromatic N) is 3. The van der Waals surface area contributed by atoms with Crippen LogP contribution in [-0.2, 0) is 14.4 Å². The summed E-state index contributed by atoms with van der Waals surface area (Å²) in [6.45, 7) is 4.54. The Labute approximate surface area is 171 Å². The van der Waals surface area contributed by atoms with E-state index >= 15 is 0 Å². The van der Waals surface area contributed by atoms with Crippen LogP contribution in [-0.4, -0.2) is 71.2 Å². The van der Waals surface area contributed by atoms with Gasteiger partial charge in [-0.05, 0) is 30.0 Å². The molecule has 0 spiro atoms. The van der Waals surface area contributed by atoms with Crippen LogP contribution in [0.5, 0.6) is 0 Å². The van der Waals surface area contributed by atoms with E-state index in [1.807, 2.05) is 35.2 Å². The second-order valence-electron chi connectivity index (χ2n) is 8.09. The fraction of sp³-hybridized carbons (Fsp3) is 0.500. The molecule has 7 heteroatoms. The van der Waals surface area contributed by atoms with Crippen molar-refractivity contribution in [3.05, 3.63) is 41.6 Å². The maximum Gasteiger partial charge on any atom is 0.234 e. The van der Waals surface area contributed by atoms with Crippen molar-refractivity contribution >= 4 is 23.8 Å². The molecule has 0 radical (unpaired) electrons. The Morgan fingerprint density at radius 3 is 2.48 bits per heavy atom. The van der Waals surface area contributed by atoms with Crippen molar-refractivity contribution in [3.63, 3.8) is 0 Å². The molecule has 1 saturated heterocycles. The van der Waals surface area contributed by atoms with Gasteiger partial charge < -0.3 is 15.1 Å². The van der Waals surface area contributed by atoms with E-state index in [2.05, 4.69) is 10.2 Å². The molecule has 0 bridgehead atoms. The largest absolute Gasteiger partial charge is 0.352 e. The van der Waals surface area contributed by atoms with Crippen LogP contribution in [0.4, 0.5) is 0 Å². The second kappa shape index (κ2) is 8.37. The van der Waals surface area contributed by atoms with Crippen LogP contribution in [0.2, 0.25) is 0 Å². The molecular weight excluding hydrogens is 368 g/mol. The van der Waals surface area contributed by atoms with E-state index in [-0.39, 0.29) is 30.2 Å². The van der Waals surface area contributed by atoms with Gasteiger partial charge in [0.05, 0.1) is 19.0 Å². The number of rotatable bonds is 5. The number of carbonyl (C=O) groups is 3. The number of fused-ring (bicyclic) bond motifs is 1. The quantitative estimate of drug-likeness (QED) is 0.816. The zero-order valence-electron chi connectivity index (χ0n) is 16.8. The van der Waals surface area contributed by atoms with E-state index in [9.17, 15) is 14.4 Å².